The molecule has 1 saturated carbocycles. The zero-order valence-corrected chi connectivity index (χ0v) is 18.1. The number of nitrogens with one attached hydrogen (secondary N) is 1. The molecule has 28 heavy (non-hydrogen) atoms. The van der Waals surface area contributed by atoms with Gasteiger partial charge in [-0.3, -0.25) is 14.5 Å². The second-order valence-corrected chi connectivity index (χ2v) is 10.1. The molecule has 0 aromatic heterocycles. The molecule has 2 amide bonds. The maximum atomic E-state index is 12.9. The van der Waals surface area contributed by atoms with Crippen LogP contribution in [0.4, 0.5) is 0 Å². The monoisotopic (exact) mass is 434 g/mol. The van der Waals surface area contributed by atoms with Gasteiger partial charge < -0.3 is 5.32 Å². The first-order valence-corrected chi connectivity index (χ1v) is 11.3. The molecule has 2 aliphatic heterocycles. The quantitative estimate of drug-likeness (QED) is 0.561. The van der Waals surface area contributed by atoms with Gasteiger partial charge in [0.15, 0.2) is 0 Å². The summed E-state index contributed by atoms with van der Waals surface area (Å²) >= 11 is 12.9. The number of thiocarbonyl (C=S) groups is 1. The molecule has 4 atom stereocenters. The van der Waals surface area contributed by atoms with Crippen molar-refractivity contribution < 1.29 is 9.59 Å². The fraction of sp³-hybridized carbons (Fsp3) is 0.476. The molecule has 3 aliphatic rings. The molecule has 1 aromatic carbocycles. The van der Waals surface area contributed by atoms with E-state index in [-0.39, 0.29) is 17.7 Å². The van der Waals surface area contributed by atoms with Crippen LogP contribution in [0.5, 0.6) is 0 Å². The summed E-state index contributed by atoms with van der Waals surface area (Å²) in [7, 11) is 0. The lowest BCUT2D eigenvalue weighted by molar-refractivity contribution is -0.128. The number of hydrogen-bond acceptors (Lipinski definition) is 4. The van der Waals surface area contributed by atoms with Crippen molar-refractivity contribution in [3.8, 4) is 0 Å². The number of carbonyl (C=O) groups is 2. The lowest BCUT2D eigenvalue weighted by Gasteiger charge is -2.41. The summed E-state index contributed by atoms with van der Waals surface area (Å²) in [5, 5.41) is 3.79. The summed E-state index contributed by atoms with van der Waals surface area (Å²) in [6.07, 6.45) is 6.02. The van der Waals surface area contributed by atoms with E-state index in [0.29, 0.717) is 38.7 Å². The Morgan fingerprint density at radius 1 is 1.29 bits per heavy atom. The van der Waals surface area contributed by atoms with E-state index in [2.05, 4.69) is 12.2 Å². The molecule has 0 radical (unpaired) electrons. The van der Waals surface area contributed by atoms with Crippen molar-refractivity contribution in [2.45, 2.75) is 45.2 Å². The van der Waals surface area contributed by atoms with E-state index >= 15 is 0 Å². The van der Waals surface area contributed by atoms with Crippen LogP contribution in [0.15, 0.2) is 35.2 Å². The normalized spacial score (nSPS) is 31.9. The Balaban J connectivity index is 1.49. The molecule has 1 N–H and O–H groups in total. The van der Waals surface area contributed by atoms with E-state index in [4.69, 9.17) is 23.8 Å². The molecule has 4 unspecified atom stereocenters. The Morgan fingerprint density at radius 2 is 2.07 bits per heavy atom. The highest BCUT2D eigenvalue weighted by molar-refractivity contribution is 8.26. The van der Waals surface area contributed by atoms with Gasteiger partial charge in [0.25, 0.3) is 5.91 Å². The Bertz CT molecular complexity index is 857. The topological polar surface area (TPSA) is 49.4 Å². The highest BCUT2D eigenvalue weighted by atomic mass is 35.5. The largest absolute Gasteiger partial charge is 0.353 e. The summed E-state index contributed by atoms with van der Waals surface area (Å²) in [5.74, 6) is 0.830. The van der Waals surface area contributed by atoms with E-state index in [1.807, 2.05) is 24.3 Å². The maximum Gasteiger partial charge on any atom is 0.266 e. The van der Waals surface area contributed by atoms with Gasteiger partial charge in [0.2, 0.25) is 5.91 Å². The fourth-order valence-corrected chi connectivity index (χ4v) is 5.93. The van der Waals surface area contributed by atoms with Crippen molar-refractivity contribution in [3.05, 3.63) is 45.8 Å². The van der Waals surface area contributed by atoms with Gasteiger partial charge in [-0.15, -0.1) is 0 Å². The third-order valence-corrected chi connectivity index (χ3v) is 7.74. The zero-order valence-electron chi connectivity index (χ0n) is 15.7. The van der Waals surface area contributed by atoms with E-state index in [1.54, 1.807) is 11.0 Å². The standard InChI is InChI=1S/C21H23ClN2O2S2/c1-12-6-7-17-14(8-12)9-15(19(25)23-17)10-18-20(26)24(21(27)28-18)11-13-4-2-3-5-16(13)22/h2-5,10,12,14-15,17H,6-9,11H2,1H3,(H,23,25)/b18-10-. The van der Waals surface area contributed by atoms with Crippen LogP contribution >= 0.6 is 35.6 Å². The second kappa shape index (κ2) is 8.17. The predicted molar refractivity (Wildman–Crippen MR) is 117 cm³/mol. The number of halogens is 1. The number of hydrogen-bond donors (Lipinski definition) is 1. The molecule has 3 fully saturated rings. The molecule has 7 heteroatoms. The maximum absolute atomic E-state index is 12.9. The van der Waals surface area contributed by atoms with Crippen molar-refractivity contribution >= 4 is 51.7 Å². The van der Waals surface area contributed by atoms with Crippen molar-refractivity contribution in [3.63, 3.8) is 0 Å². The van der Waals surface area contributed by atoms with Gasteiger partial charge in [-0.05, 0) is 49.1 Å². The summed E-state index contributed by atoms with van der Waals surface area (Å²) < 4.78 is 0.511. The molecular weight excluding hydrogens is 412 g/mol. The number of rotatable bonds is 3. The van der Waals surface area contributed by atoms with E-state index in [1.165, 1.54) is 18.2 Å². The minimum atomic E-state index is -0.263. The number of carbonyl (C=O) groups excluding carboxylic acids is 2. The lowest BCUT2D eigenvalue weighted by Crippen LogP contribution is -2.51. The highest BCUT2D eigenvalue weighted by Crippen LogP contribution is 2.39. The van der Waals surface area contributed by atoms with E-state index < -0.39 is 0 Å². The Kier molecular flexibility index (Phi) is 5.81. The van der Waals surface area contributed by atoms with Gasteiger partial charge in [0.05, 0.1) is 17.4 Å². The molecule has 2 heterocycles. The first-order valence-electron chi connectivity index (χ1n) is 9.71. The summed E-state index contributed by atoms with van der Waals surface area (Å²) in [6, 6.07) is 7.74. The van der Waals surface area contributed by atoms with Gasteiger partial charge in [0, 0.05) is 11.1 Å². The number of piperidine rings is 1. The predicted octanol–water partition coefficient (Wildman–Crippen LogP) is 4.53. The van der Waals surface area contributed by atoms with Crippen LogP contribution in [0.3, 0.4) is 0 Å². The van der Waals surface area contributed by atoms with Gasteiger partial charge in [-0.2, -0.15) is 0 Å². The molecule has 0 bridgehead atoms. The fourth-order valence-electron chi connectivity index (χ4n) is 4.45. The first-order chi connectivity index (χ1) is 13.4. The minimum Gasteiger partial charge on any atom is -0.353 e. The average Bonchev–Trinajstić information content (AvgIpc) is 2.92. The smallest absolute Gasteiger partial charge is 0.266 e. The van der Waals surface area contributed by atoms with Crippen LogP contribution in [0.1, 0.15) is 38.2 Å². The van der Waals surface area contributed by atoms with Crippen LogP contribution in [0, 0.1) is 17.8 Å². The summed E-state index contributed by atoms with van der Waals surface area (Å²) in [6.45, 7) is 2.63. The van der Waals surface area contributed by atoms with Gasteiger partial charge in [-0.25, -0.2) is 0 Å². The van der Waals surface area contributed by atoms with Crippen molar-refractivity contribution in [1.29, 1.82) is 0 Å². The van der Waals surface area contributed by atoms with Crippen molar-refractivity contribution in [2.75, 3.05) is 0 Å². The average molecular weight is 435 g/mol. The Hall–Kier alpha value is -1.37. The van der Waals surface area contributed by atoms with Crippen LogP contribution in [0.2, 0.25) is 5.02 Å². The van der Waals surface area contributed by atoms with Gasteiger partial charge in [0.1, 0.15) is 4.32 Å². The summed E-state index contributed by atoms with van der Waals surface area (Å²) in [5.41, 5.74) is 0.858. The molecule has 0 spiro atoms. The Morgan fingerprint density at radius 3 is 2.86 bits per heavy atom. The van der Waals surface area contributed by atoms with Crippen LogP contribution in [0.25, 0.3) is 0 Å². The third-order valence-electron chi connectivity index (χ3n) is 5.98. The third kappa shape index (κ3) is 4.00. The van der Waals surface area contributed by atoms with Crippen LogP contribution in [-0.2, 0) is 16.1 Å². The molecule has 1 aliphatic carbocycles. The molecule has 4 nitrogen and oxygen atoms in total. The first kappa shape index (κ1) is 19.9. The van der Waals surface area contributed by atoms with Crippen molar-refractivity contribution in [1.82, 2.24) is 10.2 Å². The van der Waals surface area contributed by atoms with E-state index in [0.717, 1.165) is 24.8 Å². The SMILES string of the molecule is CC1CCC2NC(=O)C(/C=C3\SC(=S)N(Cc4ccccc4Cl)C3=O)CC2C1. The minimum absolute atomic E-state index is 0.0344. The van der Waals surface area contributed by atoms with Crippen LogP contribution < -0.4 is 5.32 Å². The lowest BCUT2D eigenvalue weighted by atomic mass is 9.72. The number of fused-ring (bicyclic) bond motifs is 1. The summed E-state index contributed by atoms with van der Waals surface area (Å²) in [4.78, 5) is 27.6. The van der Waals surface area contributed by atoms with Gasteiger partial charge >= 0.3 is 0 Å². The number of nitrogens with zero attached hydrogens (tertiary/aromatic N) is 1. The molecule has 2 saturated heterocycles. The van der Waals surface area contributed by atoms with E-state index in [9.17, 15) is 9.59 Å². The van der Waals surface area contributed by atoms with Crippen LogP contribution in [-0.4, -0.2) is 27.1 Å². The second-order valence-electron chi connectivity index (χ2n) is 8.02. The number of thioether (sulfide) groups is 1. The molecular formula is C21H23ClN2O2S2. The number of benzene rings is 1. The molecule has 1 aromatic rings. The highest BCUT2D eigenvalue weighted by Gasteiger charge is 2.39. The van der Waals surface area contributed by atoms with Crippen molar-refractivity contribution in [2.24, 2.45) is 17.8 Å². The zero-order chi connectivity index (χ0) is 19.8. The van der Waals surface area contributed by atoms with Gasteiger partial charge in [-0.1, -0.05) is 66.8 Å². The number of amides is 2. The molecule has 148 valence electrons. The Labute approximate surface area is 180 Å². The molecule has 4 rings (SSSR count).